The van der Waals surface area contributed by atoms with Crippen molar-refractivity contribution < 1.29 is 29.0 Å². The minimum Gasteiger partial charge on any atom is -0.478 e. The van der Waals surface area contributed by atoms with Gasteiger partial charge in [0.2, 0.25) is 18.0 Å². The predicted molar refractivity (Wildman–Crippen MR) is 135 cm³/mol. The zero-order valence-corrected chi connectivity index (χ0v) is 19.9. The average Bonchev–Trinajstić information content (AvgIpc) is 2.91. The van der Waals surface area contributed by atoms with Crippen LogP contribution in [0, 0.1) is 0 Å². The Morgan fingerprint density at radius 3 is 2.24 bits per heavy atom. The van der Waals surface area contributed by atoms with Crippen LogP contribution < -0.4 is 20.7 Å². The number of aromatic carboxylic acids is 1. The molecule has 1 saturated heterocycles. The summed E-state index contributed by atoms with van der Waals surface area (Å²) in [6.45, 7) is 0. The van der Waals surface area contributed by atoms with Crippen molar-refractivity contribution in [1.82, 2.24) is 16.0 Å². The van der Waals surface area contributed by atoms with E-state index in [4.69, 9.17) is 9.84 Å². The summed E-state index contributed by atoms with van der Waals surface area (Å²) in [6.07, 6.45) is 0.0946. The molecule has 0 aromatic heterocycles. The second-order valence-electron chi connectivity index (χ2n) is 8.66. The summed E-state index contributed by atoms with van der Waals surface area (Å²) < 4.78 is 5.69. The van der Waals surface area contributed by atoms with E-state index < -0.39 is 36.1 Å². The molecule has 0 saturated carbocycles. The number of hydrogen-bond donors (Lipinski definition) is 4. The molecule has 1 fully saturated rings. The molecule has 190 valence electrons. The molecule has 1 heterocycles. The summed E-state index contributed by atoms with van der Waals surface area (Å²) >= 11 is 0. The number of ether oxygens (including phenoxy) is 1. The molecule has 9 heteroatoms. The van der Waals surface area contributed by atoms with Crippen molar-refractivity contribution >= 4 is 23.7 Å². The number of benzene rings is 3. The third-order valence-corrected chi connectivity index (χ3v) is 5.93. The standard InChI is InChI=1S/C28H27N3O6/c32-23(15-14-18-8-3-1-4-9-18)29-22(16-19-10-5-2-6-11-19)25(33)30-24-26(34)31-27(24)37-21-13-7-12-20(17-21)28(35)36/h1-13,17,22,24,27H,14-16H2,(H,29,32)(H,30,33)(H,31,34)(H,35,36)/t22-,24+,27-/m0/s1. The van der Waals surface area contributed by atoms with E-state index >= 15 is 0 Å². The number of β-lactam (4-membered cyclic amide) rings is 1. The Balaban J connectivity index is 1.41. The topological polar surface area (TPSA) is 134 Å². The first-order chi connectivity index (χ1) is 17.9. The molecule has 0 aliphatic carbocycles. The second kappa shape index (κ2) is 11.9. The number of rotatable bonds is 11. The van der Waals surface area contributed by atoms with Crippen LogP contribution in [-0.2, 0) is 27.2 Å². The number of carbonyl (C=O) groups excluding carboxylic acids is 3. The Labute approximate surface area is 213 Å². The van der Waals surface area contributed by atoms with Crippen molar-refractivity contribution in [2.24, 2.45) is 0 Å². The van der Waals surface area contributed by atoms with E-state index in [1.165, 1.54) is 18.2 Å². The van der Waals surface area contributed by atoms with Gasteiger partial charge in [-0.15, -0.1) is 0 Å². The molecular weight excluding hydrogens is 474 g/mol. The molecule has 1 aliphatic heterocycles. The smallest absolute Gasteiger partial charge is 0.335 e. The maximum Gasteiger partial charge on any atom is 0.335 e. The fraction of sp³-hybridized carbons (Fsp3) is 0.214. The van der Waals surface area contributed by atoms with E-state index in [-0.39, 0.29) is 30.1 Å². The van der Waals surface area contributed by atoms with Gasteiger partial charge in [-0.1, -0.05) is 66.7 Å². The third-order valence-electron chi connectivity index (χ3n) is 5.93. The van der Waals surface area contributed by atoms with Gasteiger partial charge in [0.1, 0.15) is 11.8 Å². The van der Waals surface area contributed by atoms with Gasteiger partial charge in [-0.3, -0.25) is 14.4 Å². The maximum atomic E-state index is 13.2. The highest BCUT2D eigenvalue weighted by Gasteiger charge is 2.43. The Morgan fingerprint density at radius 2 is 1.59 bits per heavy atom. The molecule has 9 nitrogen and oxygen atoms in total. The van der Waals surface area contributed by atoms with Crippen LogP contribution in [0.1, 0.15) is 27.9 Å². The average molecular weight is 502 g/mol. The normalized spacial score (nSPS) is 17.0. The molecule has 4 N–H and O–H groups in total. The van der Waals surface area contributed by atoms with Crippen molar-refractivity contribution in [3.8, 4) is 5.75 Å². The monoisotopic (exact) mass is 501 g/mol. The lowest BCUT2D eigenvalue weighted by Crippen LogP contribution is -2.72. The van der Waals surface area contributed by atoms with Gasteiger partial charge >= 0.3 is 5.97 Å². The van der Waals surface area contributed by atoms with Gasteiger partial charge in [-0.05, 0) is 35.7 Å². The highest BCUT2D eigenvalue weighted by atomic mass is 16.5. The minimum absolute atomic E-state index is 0.0323. The van der Waals surface area contributed by atoms with Crippen molar-refractivity contribution in [2.75, 3.05) is 0 Å². The lowest BCUT2D eigenvalue weighted by atomic mass is 10.0. The Kier molecular flexibility index (Phi) is 8.15. The highest BCUT2D eigenvalue weighted by molar-refractivity contribution is 5.95. The molecule has 3 aromatic rings. The highest BCUT2D eigenvalue weighted by Crippen LogP contribution is 2.19. The van der Waals surface area contributed by atoms with Crippen LogP contribution in [0.5, 0.6) is 5.75 Å². The summed E-state index contributed by atoms with van der Waals surface area (Å²) in [5, 5.41) is 17.2. The van der Waals surface area contributed by atoms with E-state index in [1.807, 2.05) is 60.7 Å². The first-order valence-corrected chi connectivity index (χ1v) is 11.9. The lowest BCUT2D eigenvalue weighted by Gasteiger charge is -2.37. The van der Waals surface area contributed by atoms with Crippen molar-refractivity contribution in [1.29, 1.82) is 0 Å². The molecule has 3 aromatic carbocycles. The number of amides is 3. The zero-order chi connectivity index (χ0) is 26.2. The van der Waals surface area contributed by atoms with Crippen molar-refractivity contribution in [3.63, 3.8) is 0 Å². The summed E-state index contributed by atoms with van der Waals surface area (Å²) in [4.78, 5) is 49.3. The summed E-state index contributed by atoms with van der Waals surface area (Å²) in [5.74, 6) is -2.12. The first kappa shape index (κ1) is 25.4. The molecule has 3 amide bonds. The molecule has 0 unspecified atom stereocenters. The molecule has 0 radical (unpaired) electrons. The van der Waals surface area contributed by atoms with Gasteiger partial charge in [0, 0.05) is 12.8 Å². The Bertz CT molecular complexity index is 1270. The summed E-state index contributed by atoms with van der Waals surface area (Å²) in [6, 6.07) is 22.7. The van der Waals surface area contributed by atoms with E-state index in [0.717, 1.165) is 11.1 Å². The Morgan fingerprint density at radius 1 is 0.919 bits per heavy atom. The molecule has 0 spiro atoms. The number of nitrogens with one attached hydrogen (secondary N) is 3. The number of aryl methyl sites for hydroxylation is 1. The molecule has 0 bridgehead atoms. The van der Waals surface area contributed by atoms with E-state index in [1.54, 1.807) is 6.07 Å². The minimum atomic E-state index is -1.11. The fourth-order valence-electron chi connectivity index (χ4n) is 3.92. The third kappa shape index (κ3) is 6.94. The van der Waals surface area contributed by atoms with Crippen LogP contribution in [-0.4, -0.2) is 47.1 Å². The first-order valence-electron chi connectivity index (χ1n) is 11.9. The van der Waals surface area contributed by atoms with Crippen LogP contribution in [0.4, 0.5) is 0 Å². The predicted octanol–water partition coefficient (Wildman–Crippen LogP) is 2.06. The van der Waals surface area contributed by atoms with E-state index in [9.17, 15) is 19.2 Å². The molecule has 37 heavy (non-hydrogen) atoms. The SMILES string of the molecule is O=C(CCc1ccccc1)N[C@@H](Cc1ccccc1)C(=O)N[C@@H]1C(=O)N[C@H]1Oc1cccc(C(=O)O)c1. The fourth-order valence-corrected chi connectivity index (χ4v) is 3.92. The van der Waals surface area contributed by atoms with Crippen LogP contribution in [0.25, 0.3) is 0 Å². The number of carbonyl (C=O) groups is 4. The molecule has 3 atom stereocenters. The second-order valence-corrected chi connectivity index (χ2v) is 8.66. The van der Waals surface area contributed by atoms with Crippen LogP contribution in [0.3, 0.4) is 0 Å². The van der Waals surface area contributed by atoms with E-state index in [2.05, 4.69) is 16.0 Å². The lowest BCUT2D eigenvalue weighted by molar-refractivity contribution is -0.144. The van der Waals surface area contributed by atoms with Gasteiger partial charge in [0.25, 0.3) is 5.91 Å². The number of carboxylic acids is 1. The van der Waals surface area contributed by atoms with Crippen LogP contribution in [0.15, 0.2) is 84.9 Å². The van der Waals surface area contributed by atoms with Crippen LogP contribution in [0.2, 0.25) is 0 Å². The van der Waals surface area contributed by atoms with E-state index in [0.29, 0.717) is 6.42 Å². The Hall–Kier alpha value is -4.66. The van der Waals surface area contributed by atoms with Gasteiger partial charge in [-0.25, -0.2) is 4.79 Å². The van der Waals surface area contributed by atoms with Gasteiger partial charge in [0.05, 0.1) is 5.56 Å². The molecule has 4 rings (SSSR count). The molecular formula is C28H27N3O6. The van der Waals surface area contributed by atoms with Gasteiger partial charge in [0.15, 0.2) is 6.04 Å². The largest absolute Gasteiger partial charge is 0.478 e. The van der Waals surface area contributed by atoms with Gasteiger partial charge in [-0.2, -0.15) is 0 Å². The maximum absolute atomic E-state index is 13.2. The van der Waals surface area contributed by atoms with Crippen molar-refractivity contribution in [2.45, 2.75) is 37.6 Å². The summed E-state index contributed by atoms with van der Waals surface area (Å²) in [7, 11) is 0. The van der Waals surface area contributed by atoms with Crippen molar-refractivity contribution in [3.05, 3.63) is 102 Å². The van der Waals surface area contributed by atoms with Gasteiger partial charge < -0.3 is 25.8 Å². The molecule has 1 aliphatic rings. The quantitative estimate of drug-likeness (QED) is 0.297. The summed E-state index contributed by atoms with van der Waals surface area (Å²) in [5.41, 5.74) is 1.90. The van der Waals surface area contributed by atoms with Crippen LogP contribution >= 0.6 is 0 Å². The number of carboxylic acid groups (broad SMARTS) is 1. The number of hydrogen-bond acceptors (Lipinski definition) is 5. The zero-order valence-electron chi connectivity index (χ0n) is 19.9.